The molecule has 0 aliphatic carbocycles. The minimum atomic E-state index is -0.215. The van der Waals surface area contributed by atoms with Crippen LogP contribution in [0.5, 0.6) is 5.75 Å². The largest absolute Gasteiger partial charge is 0.496 e. The minimum Gasteiger partial charge on any atom is -0.496 e. The van der Waals surface area contributed by atoms with Gasteiger partial charge in [0.25, 0.3) is 5.91 Å². The summed E-state index contributed by atoms with van der Waals surface area (Å²) in [5.41, 5.74) is 0.515. The Balaban J connectivity index is 1.90. The van der Waals surface area contributed by atoms with Gasteiger partial charge in [-0.2, -0.15) is 0 Å². The molecule has 1 N–H and O–H groups in total. The van der Waals surface area contributed by atoms with E-state index in [1.165, 1.54) is 0 Å². The first-order valence-electron chi connectivity index (χ1n) is 7.52. The predicted octanol–water partition coefficient (Wildman–Crippen LogP) is 4.24. The highest BCUT2D eigenvalue weighted by Gasteiger charge is 2.18. The Bertz CT molecular complexity index is 851. The number of methoxy groups -OCH3 is 1. The fourth-order valence-corrected chi connectivity index (χ4v) is 2.60. The van der Waals surface area contributed by atoms with Gasteiger partial charge >= 0.3 is 0 Å². The van der Waals surface area contributed by atoms with Gasteiger partial charge in [-0.05, 0) is 48.9 Å². The van der Waals surface area contributed by atoms with Gasteiger partial charge < -0.3 is 14.5 Å². The van der Waals surface area contributed by atoms with Crippen LogP contribution in [0.25, 0.3) is 10.8 Å². The van der Waals surface area contributed by atoms with Gasteiger partial charge in [-0.15, -0.1) is 0 Å². The fraction of sp³-hybridized carbons (Fsp3) is 0.211. The van der Waals surface area contributed by atoms with Crippen LogP contribution in [-0.4, -0.2) is 13.0 Å². The molecule has 0 fully saturated rings. The number of ether oxygens (including phenoxy) is 1. The molecule has 1 amide bonds. The summed E-state index contributed by atoms with van der Waals surface area (Å²) >= 11 is 0. The Morgan fingerprint density at radius 2 is 1.83 bits per heavy atom. The zero-order valence-electron chi connectivity index (χ0n) is 13.4. The molecule has 1 aromatic heterocycles. The highest BCUT2D eigenvalue weighted by molar-refractivity contribution is 6.01. The quantitative estimate of drug-likeness (QED) is 0.784. The summed E-state index contributed by atoms with van der Waals surface area (Å²) in [6.45, 7) is 3.77. The first-order valence-corrected chi connectivity index (χ1v) is 7.52. The summed E-state index contributed by atoms with van der Waals surface area (Å²) < 4.78 is 10.9. The van der Waals surface area contributed by atoms with E-state index in [-0.39, 0.29) is 11.9 Å². The third-order valence-corrected chi connectivity index (χ3v) is 3.85. The first-order chi connectivity index (χ1) is 11.1. The van der Waals surface area contributed by atoms with Gasteiger partial charge in [0.15, 0.2) is 0 Å². The van der Waals surface area contributed by atoms with Gasteiger partial charge in [0.05, 0.1) is 18.7 Å². The van der Waals surface area contributed by atoms with E-state index in [0.29, 0.717) is 11.3 Å². The van der Waals surface area contributed by atoms with Gasteiger partial charge in [0, 0.05) is 0 Å². The Morgan fingerprint density at radius 1 is 1.13 bits per heavy atom. The van der Waals surface area contributed by atoms with Gasteiger partial charge in [0.2, 0.25) is 0 Å². The molecule has 2 aromatic carbocycles. The summed E-state index contributed by atoms with van der Waals surface area (Å²) in [6, 6.07) is 15.2. The van der Waals surface area contributed by atoms with E-state index in [0.717, 1.165) is 22.3 Å². The van der Waals surface area contributed by atoms with Crippen LogP contribution in [0, 0.1) is 6.92 Å². The van der Waals surface area contributed by atoms with Crippen LogP contribution < -0.4 is 10.1 Å². The third kappa shape index (κ3) is 3.06. The average Bonchev–Trinajstić information content (AvgIpc) is 3.00. The van der Waals surface area contributed by atoms with E-state index >= 15 is 0 Å². The Kier molecular flexibility index (Phi) is 4.06. The lowest BCUT2D eigenvalue weighted by molar-refractivity contribution is 0.0932. The molecule has 0 saturated carbocycles. The first kappa shape index (κ1) is 15.2. The monoisotopic (exact) mass is 309 g/mol. The van der Waals surface area contributed by atoms with Crippen molar-refractivity contribution in [3.05, 3.63) is 65.6 Å². The molecule has 3 aromatic rings. The molecular weight excluding hydrogens is 290 g/mol. The number of hydrogen-bond donors (Lipinski definition) is 1. The molecule has 0 aliphatic heterocycles. The number of benzene rings is 2. The molecule has 0 saturated heterocycles. The second-order valence-corrected chi connectivity index (χ2v) is 5.54. The second kappa shape index (κ2) is 6.16. The van der Waals surface area contributed by atoms with Crippen molar-refractivity contribution in [2.75, 3.05) is 7.11 Å². The smallest absolute Gasteiger partial charge is 0.255 e. The van der Waals surface area contributed by atoms with Crippen molar-refractivity contribution in [3.63, 3.8) is 0 Å². The van der Waals surface area contributed by atoms with Crippen molar-refractivity contribution < 1.29 is 13.9 Å². The lowest BCUT2D eigenvalue weighted by Crippen LogP contribution is -2.26. The van der Waals surface area contributed by atoms with Crippen molar-refractivity contribution in [2.45, 2.75) is 19.9 Å². The van der Waals surface area contributed by atoms with Crippen molar-refractivity contribution in [3.8, 4) is 5.75 Å². The number of fused-ring (bicyclic) bond motifs is 1. The van der Waals surface area contributed by atoms with Crippen molar-refractivity contribution >= 4 is 16.7 Å². The fourth-order valence-electron chi connectivity index (χ4n) is 2.60. The Hall–Kier alpha value is -2.75. The maximum Gasteiger partial charge on any atom is 0.255 e. The van der Waals surface area contributed by atoms with E-state index in [1.807, 2.05) is 62.4 Å². The highest BCUT2D eigenvalue weighted by Crippen LogP contribution is 2.26. The van der Waals surface area contributed by atoms with E-state index in [2.05, 4.69) is 5.32 Å². The molecule has 1 atom stereocenters. The molecule has 1 heterocycles. The normalized spacial score (nSPS) is 12.1. The van der Waals surface area contributed by atoms with Crippen molar-refractivity contribution in [2.24, 2.45) is 0 Å². The highest BCUT2D eigenvalue weighted by atomic mass is 16.5. The lowest BCUT2D eigenvalue weighted by atomic mass is 10.0. The molecule has 118 valence electrons. The van der Waals surface area contributed by atoms with E-state index in [4.69, 9.17) is 9.15 Å². The molecule has 4 heteroatoms. The molecular formula is C19H19NO3. The van der Waals surface area contributed by atoms with Crippen LogP contribution >= 0.6 is 0 Å². The third-order valence-electron chi connectivity index (χ3n) is 3.85. The molecule has 3 rings (SSSR count). The number of rotatable bonds is 4. The molecule has 0 bridgehead atoms. The van der Waals surface area contributed by atoms with Crippen LogP contribution in [0.2, 0.25) is 0 Å². The van der Waals surface area contributed by atoms with E-state index in [9.17, 15) is 4.79 Å². The number of amides is 1. The van der Waals surface area contributed by atoms with Gasteiger partial charge in [-0.3, -0.25) is 4.79 Å². The van der Waals surface area contributed by atoms with Crippen LogP contribution in [0.3, 0.4) is 0 Å². The Morgan fingerprint density at radius 3 is 2.43 bits per heavy atom. The number of furan rings is 1. The Labute approximate surface area is 135 Å². The number of aryl methyl sites for hydroxylation is 1. The standard InChI is InChI=1S/C19H19NO3/c1-12-8-9-17(23-12)13(2)20-19(21)16-10-14-6-4-5-7-15(14)11-18(16)22-3/h4-11,13H,1-3H3,(H,20,21). The maximum atomic E-state index is 12.6. The second-order valence-electron chi connectivity index (χ2n) is 5.54. The number of nitrogens with one attached hydrogen (secondary N) is 1. The molecule has 0 aliphatic rings. The van der Waals surface area contributed by atoms with Crippen LogP contribution in [0.4, 0.5) is 0 Å². The lowest BCUT2D eigenvalue weighted by Gasteiger charge is -2.14. The summed E-state index contributed by atoms with van der Waals surface area (Å²) in [5.74, 6) is 1.93. The van der Waals surface area contributed by atoms with E-state index < -0.39 is 0 Å². The van der Waals surface area contributed by atoms with Gasteiger partial charge in [-0.25, -0.2) is 0 Å². The molecule has 0 radical (unpaired) electrons. The zero-order chi connectivity index (χ0) is 16.4. The minimum absolute atomic E-state index is 0.186. The van der Waals surface area contributed by atoms with Crippen molar-refractivity contribution in [1.29, 1.82) is 0 Å². The number of hydrogen-bond acceptors (Lipinski definition) is 3. The summed E-state index contributed by atoms with van der Waals surface area (Å²) in [4.78, 5) is 12.6. The van der Waals surface area contributed by atoms with Crippen LogP contribution in [0.15, 0.2) is 52.9 Å². The zero-order valence-corrected chi connectivity index (χ0v) is 13.4. The summed E-state index contributed by atoms with van der Waals surface area (Å²) in [6.07, 6.45) is 0. The number of carbonyl (C=O) groups is 1. The molecule has 1 unspecified atom stereocenters. The topological polar surface area (TPSA) is 51.5 Å². The average molecular weight is 309 g/mol. The maximum absolute atomic E-state index is 12.6. The predicted molar refractivity (Wildman–Crippen MR) is 89.8 cm³/mol. The van der Waals surface area contributed by atoms with Crippen LogP contribution in [0.1, 0.15) is 34.8 Å². The molecule has 4 nitrogen and oxygen atoms in total. The molecule has 0 spiro atoms. The number of carbonyl (C=O) groups excluding carboxylic acids is 1. The SMILES string of the molecule is COc1cc2ccccc2cc1C(=O)NC(C)c1ccc(C)o1. The van der Waals surface area contributed by atoms with Gasteiger partial charge in [-0.1, -0.05) is 24.3 Å². The van der Waals surface area contributed by atoms with E-state index in [1.54, 1.807) is 7.11 Å². The van der Waals surface area contributed by atoms with Crippen LogP contribution in [-0.2, 0) is 0 Å². The molecule has 23 heavy (non-hydrogen) atoms. The summed E-state index contributed by atoms with van der Waals surface area (Å²) in [5, 5.41) is 4.99. The summed E-state index contributed by atoms with van der Waals surface area (Å²) in [7, 11) is 1.57. The van der Waals surface area contributed by atoms with Crippen molar-refractivity contribution in [1.82, 2.24) is 5.32 Å². The van der Waals surface area contributed by atoms with Gasteiger partial charge in [0.1, 0.15) is 17.3 Å².